The monoisotopic (exact) mass is 566 g/mol. The van der Waals surface area contributed by atoms with Crippen molar-refractivity contribution in [2.45, 2.75) is 0 Å². The highest BCUT2D eigenvalue weighted by Gasteiger charge is 2.16. The predicted octanol–water partition coefficient (Wildman–Crippen LogP) is 5.48. The summed E-state index contributed by atoms with van der Waals surface area (Å²) in [4.78, 5) is 36.9. The molecule has 0 unspecified atom stereocenters. The molecule has 9 nitrogen and oxygen atoms in total. The minimum atomic E-state index is -0.770. The molecule has 0 saturated carbocycles. The van der Waals surface area contributed by atoms with Crippen LogP contribution in [0.2, 0.25) is 15.1 Å². The molecule has 37 heavy (non-hydrogen) atoms. The van der Waals surface area contributed by atoms with Crippen LogP contribution in [0, 0.1) is 0 Å². The fourth-order valence-electron chi connectivity index (χ4n) is 3.01. The standard InChI is InChI=1S/C25H21Cl3N2O7/c1-34-20-8-5-16(27)11-19(20)30-23(31)12-36-21-7-3-14(9-22(21)35-2)25(33)37-13-24(32)29-18-6-4-15(26)10-17(18)28/h3-11H,12-13H2,1-2H3,(H,29,32)(H,30,31). The third-order valence-corrected chi connectivity index (χ3v) is 5.52. The number of carbonyl (C=O) groups is 3. The van der Waals surface area contributed by atoms with Crippen molar-refractivity contribution in [2.24, 2.45) is 0 Å². The van der Waals surface area contributed by atoms with Crippen molar-refractivity contribution >= 4 is 64.0 Å². The number of hydrogen-bond donors (Lipinski definition) is 2. The SMILES string of the molecule is COc1ccc(Cl)cc1NC(=O)COc1ccc(C(=O)OCC(=O)Nc2ccc(Cl)cc2Cl)cc1OC. The number of esters is 1. The first-order chi connectivity index (χ1) is 17.7. The van der Waals surface area contributed by atoms with Crippen LogP contribution < -0.4 is 24.8 Å². The van der Waals surface area contributed by atoms with Gasteiger partial charge in [0.25, 0.3) is 11.8 Å². The summed E-state index contributed by atoms with van der Waals surface area (Å²) in [6.07, 6.45) is 0. The number of ether oxygens (including phenoxy) is 4. The fourth-order valence-corrected chi connectivity index (χ4v) is 3.64. The Kier molecular flexibility index (Phi) is 9.85. The number of benzene rings is 3. The van der Waals surface area contributed by atoms with Gasteiger partial charge in [-0.2, -0.15) is 0 Å². The van der Waals surface area contributed by atoms with E-state index in [1.807, 2.05) is 0 Å². The van der Waals surface area contributed by atoms with Crippen molar-refractivity contribution in [1.29, 1.82) is 0 Å². The molecular formula is C25H21Cl3N2O7. The van der Waals surface area contributed by atoms with Gasteiger partial charge in [-0.15, -0.1) is 0 Å². The van der Waals surface area contributed by atoms with Gasteiger partial charge in [-0.1, -0.05) is 34.8 Å². The third kappa shape index (κ3) is 7.91. The number of rotatable bonds is 10. The highest BCUT2D eigenvalue weighted by molar-refractivity contribution is 6.36. The molecule has 0 radical (unpaired) electrons. The molecule has 2 N–H and O–H groups in total. The largest absolute Gasteiger partial charge is 0.495 e. The molecule has 3 rings (SSSR count). The normalized spacial score (nSPS) is 10.3. The van der Waals surface area contributed by atoms with E-state index in [0.29, 0.717) is 27.2 Å². The van der Waals surface area contributed by atoms with Crippen LogP contribution in [0.15, 0.2) is 54.6 Å². The van der Waals surface area contributed by atoms with Gasteiger partial charge in [0.15, 0.2) is 24.7 Å². The summed E-state index contributed by atoms with van der Waals surface area (Å²) in [5, 5.41) is 6.26. The average molecular weight is 568 g/mol. The Bertz CT molecular complexity index is 1320. The second-order valence-corrected chi connectivity index (χ2v) is 8.58. The molecule has 0 saturated heterocycles. The second kappa shape index (κ2) is 13.0. The first-order valence-corrected chi connectivity index (χ1v) is 11.7. The van der Waals surface area contributed by atoms with Gasteiger partial charge < -0.3 is 29.6 Å². The van der Waals surface area contributed by atoms with Gasteiger partial charge >= 0.3 is 5.97 Å². The van der Waals surface area contributed by atoms with Crippen LogP contribution in [-0.4, -0.2) is 45.2 Å². The van der Waals surface area contributed by atoms with Gasteiger partial charge in [0.05, 0.1) is 36.2 Å². The quantitative estimate of drug-likeness (QED) is 0.312. The van der Waals surface area contributed by atoms with E-state index >= 15 is 0 Å². The number of anilines is 2. The Labute approximate surface area is 227 Å². The summed E-state index contributed by atoms with van der Waals surface area (Å²) in [6, 6.07) is 13.6. The molecule has 3 aromatic rings. The molecular weight excluding hydrogens is 547 g/mol. The van der Waals surface area contributed by atoms with Crippen LogP contribution in [0.5, 0.6) is 17.2 Å². The molecule has 0 atom stereocenters. The van der Waals surface area contributed by atoms with E-state index in [1.165, 1.54) is 44.6 Å². The molecule has 0 aliphatic carbocycles. The zero-order valence-electron chi connectivity index (χ0n) is 19.6. The van der Waals surface area contributed by atoms with Crippen molar-refractivity contribution in [3.8, 4) is 17.2 Å². The molecule has 0 spiro atoms. The Morgan fingerprint density at radius 3 is 2.03 bits per heavy atom. The van der Waals surface area contributed by atoms with E-state index in [9.17, 15) is 14.4 Å². The maximum atomic E-state index is 12.4. The minimum Gasteiger partial charge on any atom is -0.495 e. The van der Waals surface area contributed by atoms with Gasteiger partial charge in [0, 0.05) is 10.0 Å². The molecule has 0 aliphatic heterocycles. The average Bonchev–Trinajstić information content (AvgIpc) is 2.87. The fraction of sp³-hybridized carbons (Fsp3) is 0.160. The van der Waals surface area contributed by atoms with E-state index in [4.69, 9.17) is 53.8 Å². The highest BCUT2D eigenvalue weighted by Crippen LogP contribution is 2.30. The first kappa shape index (κ1) is 27.9. The molecule has 0 fully saturated rings. The van der Waals surface area contributed by atoms with E-state index in [2.05, 4.69) is 10.6 Å². The molecule has 0 aromatic heterocycles. The lowest BCUT2D eigenvalue weighted by Crippen LogP contribution is -2.21. The Morgan fingerprint density at radius 1 is 0.703 bits per heavy atom. The summed E-state index contributed by atoms with van der Waals surface area (Å²) in [7, 11) is 2.84. The lowest BCUT2D eigenvalue weighted by Gasteiger charge is -2.13. The number of methoxy groups -OCH3 is 2. The van der Waals surface area contributed by atoms with E-state index in [1.54, 1.807) is 24.3 Å². The Hall–Kier alpha value is -3.66. The number of nitrogens with one attached hydrogen (secondary N) is 2. The zero-order valence-corrected chi connectivity index (χ0v) is 21.9. The highest BCUT2D eigenvalue weighted by atomic mass is 35.5. The van der Waals surface area contributed by atoms with Crippen LogP contribution >= 0.6 is 34.8 Å². The van der Waals surface area contributed by atoms with Crippen LogP contribution in [0.25, 0.3) is 0 Å². The summed E-state index contributed by atoms with van der Waals surface area (Å²) in [5.41, 5.74) is 0.818. The van der Waals surface area contributed by atoms with Gasteiger partial charge in [0.1, 0.15) is 5.75 Å². The Balaban J connectivity index is 1.56. The van der Waals surface area contributed by atoms with Gasteiger partial charge in [-0.25, -0.2) is 4.79 Å². The van der Waals surface area contributed by atoms with Gasteiger partial charge in [0.2, 0.25) is 0 Å². The summed E-state index contributed by atoms with van der Waals surface area (Å²) in [5.74, 6) is -1.01. The van der Waals surface area contributed by atoms with Crippen LogP contribution in [0.3, 0.4) is 0 Å². The maximum absolute atomic E-state index is 12.4. The topological polar surface area (TPSA) is 112 Å². The number of amides is 2. The zero-order chi connectivity index (χ0) is 26.9. The molecule has 12 heteroatoms. The summed E-state index contributed by atoms with van der Waals surface area (Å²) < 4.78 is 21.0. The van der Waals surface area contributed by atoms with Crippen molar-refractivity contribution in [1.82, 2.24) is 0 Å². The van der Waals surface area contributed by atoms with Gasteiger partial charge in [-0.05, 0) is 54.6 Å². The molecule has 2 amide bonds. The van der Waals surface area contributed by atoms with Crippen molar-refractivity contribution in [3.05, 3.63) is 75.2 Å². The molecule has 0 bridgehead atoms. The van der Waals surface area contributed by atoms with Gasteiger partial charge in [-0.3, -0.25) is 9.59 Å². The summed E-state index contributed by atoms with van der Waals surface area (Å²) >= 11 is 17.8. The lowest BCUT2D eigenvalue weighted by atomic mass is 10.2. The first-order valence-electron chi connectivity index (χ1n) is 10.6. The molecule has 194 valence electrons. The molecule has 0 aliphatic rings. The summed E-state index contributed by atoms with van der Waals surface area (Å²) in [6.45, 7) is -0.908. The minimum absolute atomic E-state index is 0.106. The predicted molar refractivity (Wildman–Crippen MR) is 140 cm³/mol. The van der Waals surface area contributed by atoms with E-state index < -0.39 is 24.4 Å². The van der Waals surface area contributed by atoms with Crippen LogP contribution in [-0.2, 0) is 14.3 Å². The third-order valence-electron chi connectivity index (χ3n) is 4.73. The smallest absolute Gasteiger partial charge is 0.338 e. The van der Waals surface area contributed by atoms with Crippen LogP contribution in [0.4, 0.5) is 11.4 Å². The molecule has 3 aromatic carbocycles. The van der Waals surface area contributed by atoms with E-state index in [0.717, 1.165) is 0 Å². The van der Waals surface area contributed by atoms with Crippen molar-refractivity contribution in [3.63, 3.8) is 0 Å². The second-order valence-electron chi connectivity index (χ2n) is 7.30. The van der Waals surface area contributed by atoms with Crippen molar-refractivity contribution < 1.29 is 33.3 Å². The maximum Gasteiger partial charge on any atom is 0.338 e. The number of hydrogen-bond acceptors (Lipinski definition) is 7. The lowest BCUT2D eigenvalue weighted by molar-refractivity contribution is -0.119. The molecule has 0 heterocycles. The number of carbonyl (C=O) groups excluding carboxylic acids is 3. The van der Waals surface area contributed by atoms with Crippen molar-refractivity contribution in [2.75, 3.05) is 38.1 Å². The van der Waals surface area contributed by atoms with Crippen LogP contribution in [0.1, 0.15) is 10.4 Å². The van der Waals surface area contributed by atoms with E-state index in [-0.39, 0.29) is 28.7 Å². The Morgan fingerprint density at radius 2 is 1.32 bits per heavy atom. The number of halogens is 3.